The summed E-state index contributed by atoms with van der Waals surface area (Å²) in [5, 5.41) is 0. The van der Waals surface area contributed by atoms with Crippen molar-refractivity contribution in [3.63, 3.8) is 0 Å². The highest BCUT2D eigenvalue weighted by atomic mass is 16.5. The molecule has 1 aliphatic carbocycles. The van der Waals surface area contributed by atoms with Gasteiger partial charge in [-0.1, -0.05) is 24.3 Å². The normalized spacial score (nSPS) is 20.2. The van der Waals surface area contributed by atoms with E-state index in [1.807, 2.05) is 4.90 Å². The lowest BCUT2D eigenvalue weighted by molar-refractivity contribution is 0.0573. The molecule has 1 atom stereocenters. The van der Waals surface area contributed by atoms with Crippen molar-refractivity contribution in [3.05, 3.63) is 59.5 Å². The molecular formula is C23H30N2O3. The molecule has 0 saturated carbocycles. The summed E-state index contributed by atoms with van der Waals surface area (Å²) in [5.41, 5.74) is 3.63. The van der Waals surface area contributed by atoms with Crippen LogP contribution in [0, 0.1) is 5.92 Å². The van der Waals surface area contributed by atoms with Crippen molar-refractivity contribution in [1.82, 2.24) is 9.80 Å². The fourth-order valence-electron chi connectivity index (χ4n) is 4.73. The Bertz CT molecular complexity index is 749. The molecule has 1 saturated heterocycles. The maximum atomic E-state index is 12.9. The van der Waals surface area contributed by atoms with Gasteiger partial charge in [0, 0.05) is 32.8 Å². The standard InChI is InChI=1S/C23H30N2O3/c1-27-12-10-25(23(26)21-8-11-28-17-21)16-18-5-4-9-24(15-18)22-13-19-6-2-3-7-20(19)14-22/h2-3,6-8,11,17-18,22H,4-5,9-10,12-16H2,1H3/t18-/m0/s1. The zero-order chi connectivity index (χ0) is 19.3. The Morgan fingerprint density at radius 2 is 2.04 bits per heavy atom. The molecule has 0 unspecified atom stereocenters. The minimum absolute atomic E-state index is 0.0381. The van der Waals surface area contributed by atoms with E-state index in [2.05, 4.69) is 29.2 Å². The Labute approximate surface area is 167 Å². The number of furan rings is 1. The molecule has 1 aromatic heterocycles. The van der Waals surface area contributed by atoms with E-state index in [4.69, 9.17) is 9.15 Å². The SMILES string of the molecule is COCCN(C[C@H]1CCCN(C2Cc3ccccc3C2)C1)C(=O)c1ccoc1. The minimum Gasteiger partial charge on any atom is -0.472 e. The Morgan fingerprint density at radius 3 is 2.71 bits per heavy atom. The first-order valence-electron chi connectivity index (χ1n) is 10.4. The number of carbonyl (C=O) groups excluding carboxylic acids is 1. The summed E-state index contributed by atoms with van der Waals surface area (Å²) in [7, 11) is 1.68. The summed E-state index contributed by atoms with van der Waals surface area (Å²) in [6.45, 7) is 4.19. The van der Waals surface area contributed by atoms with Crippen LogP contribution in [0.4, 0.5) is 0 Å². The van der Waals surface area contributed by atoms with Gasteiger partial charge in [0.15, 0.2) is 0 Å². The van der Waals surface area contributed by atoms with Gasteiger partial charge in [-0.05, 0) is 55.3 Å². The van der Waals surface area contributed by atoms with Crippen LogP contribution in [0.3, 0.4) is 0 Å². The Hall–Kier alpha value is -2.11. The fraction of sp³-hybridized carbons (Fsp3) is 0.522. The van der Waals surface area contributed by atoms with Gasteiger partial charge in [0.25, 0.3) is 5.91 Å². The highest BCUT2D eigenvalue weighted by Gasteiger charge is 2.31. The van der Waals surface area contributed by atoms with Gasteiger partial charge in [-0.25, -0.2) is 0 Å². The van der Waals surface area contributed by atoms with Crippen molar-refractivity contribution in [1.29, 1.82) is 0 Å². The number of ether oxygens (including phenoxy) is 1. The lowest BCUT2D eigenvalue weighted by Gasteiger charge is -2.38. The molecule has 2 heterocycles. The summed E-state index contributed by atoms with van der Waals surface area (Å²) >= 11 is 0. The first-order chi connectivity index (χ1) is 13.7. The molecule has 0 spiro atoms. The molecule has 1 aliphatic heterocycles. The van der Waals surface area contributed by atoms with E-state index in [1.54, 1.807) is 19.4 Å². The minimum atomic E-state index is 0.0381. The third-order valence-electron chi connectivity index (χ3n) is 6.20. The molecule has 0 radical (unpaired) electrons. The highest BCUT2D eigenvalue weighted by molar-refractivity contribution is 5.93. The van der Waals surface area contributed by atoms with Crippen molar-refractivity contribution in [2.24, 2.45) is 5.92 Å². The number of hydrogen-bond acceptors (Lipinski definition) is 4. The first-order valence-corrected chi connectivity index (χ1v) is 10.4. The van der Waals surface area contributed by atoms with Crippen LogP contribution in [0.15, 0.2) is 47.3 Å². The highest BCUT2D eigenvalue weighted by Crippen LogP contribution is 2.29. The van der Waals surface area contributed by atoms with E-state index < -0.39 is 0 Å². The summed E-state index contributed by atoms with van der Waals surface area (Å²) < 4.78 is 10.3. The maximum absolute atomic E-state index is 12.9. The molecule has 1 aromatic carbocycles. The van der Waals surface area contributed by atoms with Crippen LogP contribution in [-0.4, -0.2) is 61.6 Å². The monoisotopic (exact) mass is 382 g/mol. The van der Waals surface area contributed by atoms with Gasteiger partial charge in [0.2, 0.25) is 0 Å². The number of amides is 1. The summed E-state index contributed by atoms with van der Waals surface area (Å²) in [5.74, 6) is 0.543. The van der Waals surface area contributed by atoms with Crippen LogP contribution in [0.25, 0.3) is 0 Å². The van der Waals surface area contributed by atoms with E-state index in [0.717, 1.165) is 25.9 Å². The first kappa shape index (κ1) is 19.2. The summed E-state index contributed by atoms with van der Waals surface area (Å²) in [6.07, 6.45) is 7.79. The van der Waals surface area contributed by atoms with E-state index in [9.17, 15) is 4.79 Å². The third kappa shape index (κ3) is 4.31. The molecule has 5 heteroatoms. The van der Waals surface area contributed by atoms with E-state index in [0.29, 0.717) is 30.7 Å². The van der Waals surface area contributed by atoms with Gasteiger partial charge in [0.1, 0.15) is 6.26 Å². The zero-order valence-electron chi connectivity index (χ0n) is 16.7. The lowest BCUT2D eigenvalue weighted by atomic mass is 9.95. The van der Waals surface area contributed by atoms with Crippen molar-refractivity contribution < 1.29 is 13.9 Å². The number of hydrogen-bond donors (Lipinski definition) is 0. The molecule has 0 N–H and O–H groups in total. The number of nitrogens with zero attached hydrogens (tertiary/aromatic N) is 2. The van der Waals surface area contributed by atoms with Gasteiger partial charge >= 0.3 is 0 Å². The Kier molecular flexibility index (Phi) is 6.13. The number of rotatable bonds is 7. The van der Waals surface area contributed by atoms with Gasteiger partial charge < -0.3 is 14.1 Å². The molecular weight excluding hydrogens is 352 g/mol. The number of benzene rings is 1. The van der Waals surface area contributed by atoms with Crippen LogP contribution in [0.2, 0.25) is 0 Å². The molecule has 28 heavy (non-hydrogen) atoms. The van der Waals surface area contributed by atoms with Crippen LogP contribution >= 0.6 is 0 Å². The number of piperidine rings is 1. The van der Waals surface area contributed by atoms with Crippen LogP contribution in [-0.2, 0) is 17.6 Å². The van der Waals surface area contributed by atoms with Crippen LogP contribution < -0.4 is 0 Å². The largest absolute Gasteiger partial charge is 0.472 e. The van der Waals surface area contributed by atoms with Gasteiger partial charge in [-0.2, -0.15) is 0 Å². The average molecular weight is 383 g/mol. The predicted octanol–water partition coefficient (Wildman–Crippen LogP) is 3.25. The smallest absolute Gasteiger partial charge is 0.257 e. The van der Waals surface area contributed by atoms with Crippen molar-refractivity contribution in [3.8, 4) is 0 Å². The molecule has 150 valence electrons. The number of fused-ring (bicyclic) bond motifs is 1. The Balaban J connectivity index is 1.38. The quantitative estimate of drug-likeness (QED) is 0.737. The average Bonchev–Trinajstić information content (AvgIpc) is 3.40. The second kappa shape index (κ2) is 8.93. The van der Waals surface area contributed by atoms with Crippen molar-refractivity contribution >= 4 is 5.91 Å². The molecule has 2 aliphatic rings. The number of carbonyl (C=O) groups is 1. The number of likely N-dealkylation sites (tertiary alicyclic amines) is 1. The molecule has 2 aromatic rings. The summed E-state index contributed by atoms with van der Waals surface area (Å²) in [4.78, 5) is 17.5. The second-order valence-electron chi connectivity index (χ2n) is 8.09. The van der Waals surface area contributed by atoms with Crippen molar-refractivity contribution in [2.75, 3.05) is 39.9 Å². The van der Waals surface area contributed by atoms with Gasteiger partial charge in [0.05, 0.1) is 18.4 Å². The Morgan fingerprint density at radius 1 is 1.25 bits per heavy atom. The van der Waals surface area contributed by atoms with Gasteiger partial charge in [-0.15, -0.1) is 0 Å². The molecule has 5 nitrogen and oxygen atoms in total. The van der Waals surface area contributed by atoms with E-state index in [1.165, 1.54) is 36.8 Å². The van der Waals surface area contributed by atoms with Crippen molar-refractivity contribution in [2.45, 2.75) is 31.7 Å². The van der Waals surface area contributed by atoms with Crippen LogP contribution in [0.1, 0.15) is 34.3 Å². The van der Waals surface area contributed by atoms with Gasteiger partial charge in [-0.3, -0.25) is 9.69 Å². The fourth-order valence-corrected chi connectivity index (χ4v) is 4.73. The molecule has 1 amide bonds. The third-order valence-corrected chi connectivity index (χ3v) is 6.20. The van der Waals surface area contributed by atoms with E-state index >= 15 is 0 Å². The zero-order valence-corrected chi connectivity index (χ0v) is 16.7. The molecule has 1 fully saturated rings. The maximum Gasteiger partial charge on any atom is 0.257 e. The molecule has 4 rings (SSSR count). The van der Waals surface area contributed by atoms with E-state index in [-0.39, 0.29) is 5.91 Å². The molecule has 0 bridgehead atoms. The summed E-state index contributed by atoms with van der Waals surface area (Å²) in [6, 6.07) is 11.2. The predicted molar refractivity (Wildman–Crippen MR) is 108 cm³/mol. The lowest BCUT2D eigenvalue weighted by Crippen LogP contribution is -2.47. The number of methoxy groups -OCH3 is 1. The van der Waals surface area contributed by atoms with Crippen LogP contribution in [0.5, 0.6) is 0 Å². The topological polar surface area (TPSA) is 45.9 Å². The second-order valence-corrected chi connectivity index (χ2v) is 8.09.